The molecule has 1 aliphatic heterocycles. The Morgan fingerprint density at radius 1 is 1.03 bits per heavy atom. The van der Waals surface area contributed by atoms with Crippen molar-refractivity contribution in [2.24, 2.45) is 5.92 Å². The van der Waals surface area contributed by atoms with Crippen LogP contribution < -0.4 is 4.90 Å². The maximum absolute atomic E-state index is 10.4. The van der Waals surface area contributed by atoms with Crippen LogP contribution in [-0.2, 0) is 0 Å². The van der Waals surface area contributed by atoms with Crippen molar-refractivity contribution in [3.63, 3.8) is 0 Å². The molecule has 2 atom stereocenters. The highest BCUT2D eigenvalue weighted by atomic mass is 15.2. The van der Waals surface area contributed by atoms with Gasteiger partial charge in [0.2, 0.25) is 0 Å². The van der Waals surface area contributed by atoms with Crippen molar-refractivity contribution in [3.05, 3.63) is 125 Å². The first kappa shape index (κ1) is 22.7. The predicted molar refractivity (Wildman–Crippen MR) is 150 cm³/mol. The van der Waals surface area contributed by atoms with Crippen LogP contribution in [0.1, 0.15) is 35.2 Å². The fraction of sp³-hybridized carbons (Fsp3) is 0.152. The number of nitriles is 2. The van der Waals surface area contributed by atoms with E-state index < -0.39 is 0 Å². The van der Waals surface area contributed by atoms with E-state index in [-0.39, 0.29) is 12.0 Å². The van der Waals surface area contributed by atoms with E-state index in [4.69, 9.17) is 0 Å². The topological polar surface area (TPSA) is 55.8 Å². The highest BCUT2D eigenvalue weighted by Crippen LogP contribution is 2.46. The highest BCUT2D eigenvalue weighted by molar-refractivity contribution is 5.91. The molecule has 3 aliphatic rings. The van der Waals surface area contributed by atoms with Gasteiger partial charge in [-0.15, -0.1) is 0 Å². The van der Waals surface area contributed by atoms with E-state index in [1.165, 1.54) is 11.3 Å². The van der Waals surface area contributed by atoms with Crippen molar-refractivity contribution in [1.82, 2.24) is 4.57 Å². The Hall–Kier alpha value is -4.80. The minimum absolute atomic E-state index is 0.1000. The normalized spacial score (nSPS) is 19.8. The quantitative estimate of drug-likeness (QED) is 0.367. The Kier molecular flexibility index (Phi) is 5.52. The summed E-state index contributed by atoms with van der Waals surface area (Å²) in [7, 11) is 0. The smallest absolute Gasteiger partial charge is 0.101 e. The van der Waals surface area contributed by atoms with Crippen molar-refractivity contribution >= 4 is 22.7 Å². The van der Waals surface area contributed by atoms with E-state index in [1.807, 2.05) is 36.4 Å². The predicted octanol–water partition coefficient (Wildman–Crippen LogP) is 7.42. The second-order valence-corrected chi connectivity index (χ2v) is 9.57. The molecule has 0 saturated carbocycles. The molecule has 0 amide bonds. The number of aryl methyl sites for hydroxylation is 1. The van der Waals surface area contributed by atoms with Gasteiger partial charge in [-0.2, -0.15) is 10.5 Å². The number of anilines is 1. The summed E-state index contributed by atoms with van der Waals surface area (Å²) < 4.78 is 2.10. The van der Waals surface area contributed by atoms with Crippen LogP contribution in [0, 0.1) is 35.5 Å². The van der Waals surface area contributed by atoms with E-state index >= 15 is 0 Å². The van der Waals surface area contributed by atoms with Gasteiger partial charge < -0.3 is 9.47 Å². The number of allylic oxidation sites excluding steroid dienone is 7. The van der Waals surface area contributed by atoms with Crippen molar-refractivity contribution in [2.75, 3.05) is 4.90 Å². The number of hydrogen-bond acceptors (Lipinski definition) is 3. The first-order valence-corrected chi connectivity index (χ1v) is 12.6. The lowest BCUT2D eigenvalue weighted by Crippen LogP contribution is -2.33. The van der Waals surface area contributed by atoms with Crippen LogP contribution in [0.25, 0.3) is 22.7 Å². The Balaban J connectivity index is 1.60. The molecule has 2 heterocycles. The lowest BCUT2D eigenvalue weighted by Gasteiger charge is -2.32. The second-order valence-electron chi connectivity index (χ2n) is 9.57. The van der Waals surface area contributed by atoms with E-state index in [9.17, 15) is 10.5 Å². The number of benzene rings is 2. The molecule has 0 saturated heterocycles. The van der Waals surface area contributed by atoms with Gasteiger partial charge in [0.15, 0.2) is 0 Å². The standard InChI is InChI=1S/C33H26N4/c1-3-4-14-28-22(2)25-11-5-8-15-29(25)36(28)32-18-24(21-35)33(19-23(32)20-34)37-30-16-9-6-12-26(30)27-13-7-10-17-31(27)37/h3-9,11-16,18-19,26,30H,1,10,17H2,2H3/b14-4-. The van der Waals surface area contributed by atoms with Gasteiger partial charge in [-0.3, -0.25) is 0 Å². The summed E-state index contributed by atoms with van der Waals surface area (Å²) >= 11 is 0. The molecule has 2 aromatic carbocycles. The zero-order valence-electron chi connectivity index (χ0n) is 20.7. The van der Waals surface area contributed by atoms with Gasteiger partial charge in [-0.25, -0.2) is 0 Å². The van der Waals surface area contributed by atoms with Crippen LogP contribution in [-0.4, -0.2) is 10.6 Å². The summed E-state index contributed by atoms with van der Waals surface area (Å²) in [6, 6.07) is 17.0. The van der Waals surface area contributed by atoms with Crippen LogP contribution in [0.3, 0.4) is 0 Å². The highest BCUT2D eigenvalue weighted by Gasteiger charge is 2.40. The van der Waals surface area contributed by atoms with Gasteiger partial charge in [0.25, 0.3) is 0 Å². The van der Waals surface area contributed by atoms with Crippen molar-refractivity contribution in [1.29, 1.82) is 10.5 Å². The summed E-state index contributed by atoms with van der Waals surface area (Å²) in [6.07, 6.45) is 20.7. The van der Waals surface area contributed by atoms with Crippen molar-refractivity contribution < 1.29 is 0 Å². The first-order valence-electron chi connectivity index (χ1n) is 12.6. The van der Waals surface area contributed by atoms with Gasteiger partial charge >= 0.3 is 0 Å². The summed E-state index contributed by atoms with van der Waals surface area (Å²) in [5, 5.41) is 21.9. The Labute approximate surface area is 217 Å². The van der Waals surface area contributed by atoms with Crippen molar-refractivity contribution in [2.45, 2.75) is 25.8 Å². The van der Waals surface area contributed by atoms with Crippen LogP contribution in [0.4, 0.5) is 5.69 Å². The summed E-state index contributed by atoms with van der Waals surface area (Å²) in [4.78, 5) is 2.30. The molecule has 37 heavy (non-hydrogen) atoms. The zero-order valence-corrected chi connectivity index (χ0v) is 20.7. The summed E-state index contributed by atoms with van der Waals surface area (Å²) in [5.41, 5.74) is 8.26. The number of hydrogen-bond donors (Lipinski definition) is 0. The number of aromatic nitrogens is 1. The average Bonchev–Trinajstić information content (AvgIpc) is 3.43. The minimum Gasteiger partial charge on any atom is -0.336 e. The molecular formula is C33H26N4. The van der Waals surface area contributed by atoms with Crippen LogP contribution >= 0.6 is 0 Å². The molecule has 0 fully saturated rings. The molecule has 178 valence electrons. The minimum atomic E-state index is 0.1000. The summed E-state index contributed by atoms with van der Waals surface area (Å²) in [5.74, 6) is 0.250. The molecule has 2 aliphatic carbocycles. The van der Waals surface area contributed by atoms with Crippen LogP contribution in [0.5, 0.6) is 0 Å². The Morgan fingerprint density at radius 2 is 1.78 bits per heavy atom. The molecule has 4 nitrogen and oxygen atoms in total. The Bertz CT molecular complexity index is 1690. The third kappa shape index (κ3) is 3.42. The zero-order chi connectivity index (χ0) is 25.5. The third-order valence-corrected chi connectivity index (χ3v) is 7.65. The average molecular weight is 479 g/mol. The molecule has 0 N–H and O–H groups in total. The maximum Gasteiger partial charge on any atom is 0.101 e. The SMILES string of the molecule is C=C/C=C\c1c(C)c2ccccc2n1-c1cc(C#N)c(N2C3=C(C=CCC3)C3C=CC=CC32)cc1C#N. The molecule has 4 heteroatoms. The van der Waals surface area contributed by atoms with Gasteiger partial charge in [-0.1, -0.05) is 73.4 Å². The summed E-state index contributed by atoms with van der Waals surface area (Å²) in [6.45, 7) is 5.92. The molecule has 0 radical (unpaired) electrons. The molecule has 0 bridgehead atoms. The lowest BCUT2D eigenvalue weighted by atomic mass is 9.88. The second kappa shape index (κ2) is 9.01. The first-order chi connectivity index (χ1) is 18.2. The van der Waals surface area contributed by atoms with E-state index in [0.29, 0.717) is 16.8 Å². The fourth-order valence-electron chi connectivity index (χ4n) is 6.03. The van der Waals surface area contributed by atoms with E-state index in [0.717, 1.165) is 40.7 Å². The van der Waals surface area contributed by atoms with E-state index in [2.05, 4.69) is 83.7 Å². The Morgan fingerprint density at radius 3 is 2.59 bits per heavy atom. The molecule has 0 spiro atoms. The molecule has 3 aromatic rings. The number of para-hydroxylation sites is 1. The van der Waals surface area contributed by atoms with Gasteiger partial charge in [0.1, 0.15) is 12.1 Å². The third-order valence-electron chi connectivity index (χ3n) is 7.65. The lowest BCUT2D eigenvalue weighted by molar-refractivity contribution is 0.681. The van der Waals surface area contributed by atoms with Crippen LogP contribution in [0.2, 0.25) is 0 Å². The van der Waals surface area contributed by atoms with E-state index in [1.54, 1.807) is 6.08 Å². The maximum atomic E-state index is 10.4. The number of fused-ring (bicyclic) bond motifs is 3. The molecule has 6 rings (SSSR count). The van der Waals surface area contributed by atoms with Gasteiger partial charge in [-0.05, 0) is 55.2 Å². The van der Waals surface area contributed by atoms with Crippen LogP contribution in [0.15, 0.2) is 103 Å². The monoisotopic (exact) mass is 478 g/mol. The number of nitrogens with zero attached hydrogens (tertiary/aromatic N) is 4. The van der Waals surface area contributed by atoms with Gasteiger partial charge in [0, 0.05) is 22.7 Å². The fourth-order valence-corrected chi connectivity index (χ4v) is 6.03. The molecular weight excluding hydrogens is 452 g/mol. The largest absolute Gasteiger partial charge is 0.336 e. The van der Waals surface area contributed by atoms with Gasteiger partial charge in [0.05, 0.1) is 34.1 Å². The van der Waals surface area contributed by atoms with Crippen molar-refractivity contribution in [3.8, 4) is 17.8 Å². The number of rotatable bonds is 4. The molecule has 1 aromatic heterocycles. The molecule has 2 unspecified atom stereocenters.